The minimum absolute atomic E-state index is 0.486. The van der Waals surface area contributed by atoms with Gasteiger partial charge in [0, 0.05) is 26.7 Å². The monoisotopic (exact) mass is 511 g/mol. The third-order valence-electron chi connectivity index (χ3n) is 4.09. The number of benzene rings is 2. The van der Waals surface area contributed by atoms with E-state index in [0.29, 0.717) is 5.69 Å². The number of nitrogens with zero attached hydrogens (tertiary/aromatic N) is 1. The van der Waals surface area contributed by atoms with Crippen LogP contribution in [-0.2, 0) is 13.9 Å². The number of hydrogen-bond acceptors (Lipinski definition) is 6. The Kier molecular flexibility index (Phi) is 6.88. The number of nitrogens with one attached hydrogen (secondary N) is 1. The fraction of sp³-hybridized carbons (Fsp3) is 0.158. The summed E-state index contributed by atoms with van der Waals surface area (Å²) in [5, 5.41) is 5.48. The Morgan fingerprint density at radius 2 is 1.80 bits per heavy atom. The lowest BCUT2D eigenvalue weighted by molar-refractivity contribution is -0.121. The number of phosphoric acid groups is 1. The molecular formula is C19H19BrN3O5PS. The van der Waals surface area contributed by atoms with Gasteiger partial charge in [-0.1, -0.05) is 40.2 Å². The molecule has 3 aromatic rings. The van der Waals surface area contributed by atoms with Crippen molar-refractivity contribution in [1.82, 2.24) is 4.98 Å². The maximum absolute atomic E-state index is 12.3. The number of phosphoric ester groups is 1. The van der Waals surface area contributed by atoms with Crippen LogP contribution in [0.1, 0.15) is 6.92 Å². The van der Waals surface area contributed by atoms with Gasteiger partial charge in [0.05, 0.1) is 12.3 Å². The third-order valence-corrected chi connectivity index (χ3v) is 5.97. The quantitative estimate of drug-likeness (QED) is 0.352. The van der Waals surface area contributed by atoms with E-state index in [0.717, 1.165) is 26.3 Å². The molecule has 1 amide bonds. The molecule has 1 aromatic heterocycles. The zero-order valence-corrected chi connectivity index (χ0v) is 19.1. The molecule has 0 saturated heterocycles. The molecule has 0 unspecified atom stereocenters. The van der Waals surface area contributed by atoms with Gasteiger partial charge in [0.2, 0.25) is 5.91 Å². The van der Waals surface area contributed by atoms with Gasteiger partial charge in [0.15, 0.2) is 0 Å². The van der Waals surface area contributed by atoms with Crippen molar-refractivity contribution in [3.05, 3.63) is 58.4 Å². The molecule has 0 fully saturated rings. The van der Waals surface area contributed by atoms with Gasteiger partial charge in [-0.15, -0.1) is 11.3 Å². The molecular weight excluding hydrogens is 493 g/mol. The summed E-state index contributed by atoms with van der Waals surface area (Å²) < 4.78 is 16.2. The predicted octanol–water partition coefficient (Wildman–Crippen LogP) is 4.00. The van der Waals surface area contributed by atoms with Gasteiger partial charge in [-0.05, 0) is 31.2 Å². The van der Waals surface area contributed by atoms with E-state index in [-0.39, 0.29) is 0 Å². The van der Waals surface area contributed by atoms with Crippen LogP contribution in [0.2, 0.25) is 0 Å². The molecule has 1 heterocycles. The van der Waals surface area contributed by atoms with Gasteiger partial charge in [0.1, 0.15) is 10.5 Å². The van der Waals surface area contributed by atoms with Gasteiger partial charge in [-0.2, -0.15) is 0 Å². The Balaban J connectivity index is 1.67. The number of nitrogens with two attached hydrogens (primary N) is 1. The van der Waals surface area contributed by atoms with Gasteiger partial charge in [-0.3, -0.25) is 9.32 Å². The van der Waals surface area contributed by atoms with Crippen molar-refractivity contribution in [1.29, 1.82) is 0 Å². The molecule has 0 radical (unpaired) electrons. The minimum Gasteiger partial charge on any atom is -0.324 e. The van der Waals surface area contributed by atoms with Crippen molar-refractivity contribution in [3.8, 4) is 21.8 Å². The van der Waals surface area contributed by atoms with Crippen LogP contribution >= 0.6 is 35.1 Å². The highest BCUT2D eigenvalue weighted by Gasteiger charge is 2.32. The van der Waals surface area contributed by atoms with Crippen molar-refractivity contribution >= 4 is 46.7 Å². The maximum atomic E-state index is 12.3. The van der Waals surface area contributed by atoms with Gasteiger partial charge in [-0.25, -0.2) is 9.55 Å². The SMILES string of the molecule is C[C@](N)(COP(=O)(O)O)C(=O)Nc1ccc(-c2csc(-c3ccc(Br)cc3)n2)cc1. The van der Waals surface area contributed by atoms with Crippen LogP contribution in [0.25, 0.3) is 21.8 Å². The van der Waals surface area contributed by atoms with Crippen LogP contribution in [-0.4, -0.2) is 32.8 Å². The second-order valence-electron chi connectivity index (χ2n) is 6.76. The highest BCUT2D eigenvalue weighted by molar-refractivity contribution is 9.10. The Morgan fingerprint density at radius 1 is 1.20 bits per heavy atom. The zero-order chi connectivity index (χ0) is 21.9. The van der Waals surface area contributed by atoms with Crippen LogP contribution in [0.4, 0.5) is 5.69 Å². The Morgan fingerprint density at radius 3 is 2.40 bits per heavy atom. The minimum atomic E-state index is -4.72. The summed E-state index contributed by atoms with van der Waals surface area (Å²) in [7, 11) is -4.72. The van der Waals surface area contributed by atoms with E-state index in [4.69, 9.17) is 15.5 Å². The van der Waals surface area contributed by atoms with E-state index < -0.39 is 25.9 Å². The average Bonchev–Trinajstić information content (AvgIpc) is 3.17. The first kappa shape index (κ1) is 22.8. The first-order valence-electron chi connectivity index (χ1n) is 8.66. The normalized spacial score (nSPS) is 13.6. The van der Waals surface area contributed by atoms with Gasteiger partial charge >= 0.3 is 7.82 Å². The van der Waals surface area contributed by atoms with Gasteiger partial charge in [0.25, 0.3) is 0 Å². The van der Waals surface area contributed by atoms with Crippen molar-refractivity contribution < 1.29 is 23.7 Å². The average molecular weight is 512 g/mol. The predicted molar refractivity (Wildman–Crippen MR) is 120 cm³/mol. The van der Waals surface area contributed by atoms with Crippen LogP contribution in [0, 0.1) is 0 Å². The summed E-state index contributed by atoms with van der Waals surface area (Å²) in [5.41, 5.74) is 7.40. The molecule has 0 aliphatic heterocycles. The largest absolute Gasteiger partial charge is 0.469 e. The van der Waals surface area contributed by atoms with Crippen LogP contribution in [0.15, 0.2) is 58.4 Å². The molecule has 2 aromatic carbocycles. The summed E-state index contributed by atoms with van der Waals surface area (Å²) in [6.45, 7) is 0.699. The summed E-state index contributed by atoms with van der Waals surface area (Å²) in [6.07, 6.45) is 0. The van der Waals surface area contributed by atoms with E-state index in [9.17, 15) is 9.36 Å². The van der Waals surface area contributed by atoms with Gasteiger partial charge < -0.3 is 20.8 Å². The lowest BCUT2D eigenvalue weighted by Crippen LogP contribution is -2.52. The number of carbonyl (C=O) groups excluding carboxylic acids is 1. The summed E-state index contributed by atoms with van der Waals surface area (Å²) in [5.74, 6) is -0.630. The molecule has 0 aliphatic carbocycles. The summed E-state index contributed by atoms with van der Waals surface area (Å²) in [6, 6.07) is 14.9. The number of anilines is 1. The lowest BCUT2D eigenvalue weighted by Gasteiger charge is -2.23. The van der Waals surface area contributed by atoms with E-state index in [2.05, 4.69) is 30.8 Å². The smallest absolute Gasteiger partial charge is 0.324 e. The fourth-order valence-corrected chi connectivity index (χ4v) is 3.95. The summed E-state index contributed by atoms with van der Waals surface area (Å²) in [4.78, 5) is 34.5. The molecule has 0 bridgehead atoms. The maximum Gasteiger partial charge on any atom is 0.469 e. The molecule has 30 heavy (non-hydrogen) atoms. The molecule has 5 N–H and O–H groups in total. The number of carbonyl (C=O) groups is 1. The molecule has 1 atom stereocenters. The second kappa shape index (κ2) is 9.07. The number of halogens is 1. The first-order chi connectivity index (χ1) is 14.0. The molecule has 11 heteroatoms. The molecule has 8 nitrogen and oxygen atoms in total. The van der Waals surface area contributed by atoms with E-state index in [1.807, 2.05) is 41.8 Å². The molecule has 158 valence electrons. The number of hydrogen-bond donors (Lipinski definition) is 4. The zero-order valence-electron chi connectivity index (χ0n) is 15.8. The van der Waals surface area contributed by atoms with Crippen LogP contribution in [0.3, 0.4) is 0 Å². The molecule has 0 spiro atoms. The standard InChI is InChI=1S/C19H19BrN3O5PS/c1-19(21,11-28-29(25,26)27)18(24)22-15-8-4-12(5-9-15)16-10-30-17(23-16)13-2-6-14(20)7-3-13/h2-10H,11,21H2,1H3,(H,22,24)(H2,25,26,27)/t19-/m0/s1. The third kappa shape index (κ3) is 6.05. The number of thiazole rings is 1. The van der Waals surface area contributed by atoms with Crippen molar-refractivity contribution in [2.45, 2.75) is 12.5 Å². The van der Waals surface area contributed by atoms with Crippen molar-refractivity contribution in [2.75, 3.05) is 11.9 Å². The highest BCUT2D eigenvalue weighted by Crippen LogP contribution is 2.36. The Bertz CT molecular complexity index is 1080. The number of rotatable bonds is 7. The summed E-state index contributed by atoms with van der Waals surface area (Å²) >= 11 is 4.96. The van der Waals surface area contributed by atoms with Crippen LogP contribution < -0.4 is 11.1 Å². The molecule has 3 rings (SSSR count). The Hall–Kier alpha value is -1.91. The lowest BCUT2D eigenvalue weighted by atomic mass is 10.0. The highest BCUT2D eigenvalue weighted by atomic mass is 79.9. The van der Waals surface area contributed by atoms with E-state index >= 15 is 0 Å². The first-order valence-corrected chi connectivity index (χ1v) is 11.9. The number of amides is 1. The van der Waals surface area contributed by atoms with E-state index in [1.165, 1.54) is 18.3 Å². The topological polar surface area (TPSA) is 135 Å². The van der Waals surface area contributed by atoms with E-state index in [1.54, 1.807) is 12.1 Å². The molecule has 0 aliphatic rings. The van der Waals surface area contributed by atoms with Crippen LogP contribution in [0.5, 0.6) is 0 Å². The van der Waals surface area contributed by atoms with Crippen molar-refractivity contribution in [3.63, 3.8) is 0 Å². The molecule has 0 saturated carbocycles. The van der Waals surface area contributed by atoms with Crippen molar-refractivity contribution in [2.24, 2.45) is 5.73 Å². The number of aromatic nitrogens is 1. The fourth-order valence-electron chi connectivity index (χ4n) is 2.41. The second-order valence-corrected chi connectivity index (χ2v) is 9.77. The Labute approximate surface area is 185 Å².